The van der Waals surface area contributed by atoms with Crippen LogP contribution < -0.4 is 10.6 Å². The molecule has 1 saturated heterocycles. The number of urea groups is 1. The number of thiophene rings is 1. The van der Waals surface area contributed by atoms with Gasteiger partial charge in [-0.05, 0) is 48.6 Å². The third-order valence-electron chi connectivity index (χ3n) is 4.79. The van der Waals surface area contributed by atoms with Crippen molar-refractivity contribution in [3.05, 3.63) is 52.2 Å². The lowest BCUT2D eigenvalue weighted by Gasteiger charge is -2.20. The number of anilines is 2. The summed E-state index contributed by atoms with van der Waals surface area (Å²) in [5.74, 6) is -0.246. The molecule has 4 rings (SSSR count). The second kappa shape index (κ2) is 9.19. The summed E-state index contributed by atoms with van der Waals surface area (Å²) in [5, 5.41) is 12.4. The number of nitrogens with zero attached hydrogens (tertiary/aromatic N) is 2. The Morgan fingerprint density at radius 2 is 1.59 bits per heavy atom. The number of rotatable bonds is 4. The lowest BCUT2D eigenvalue weighted by molar-refractivity contribution is 0.102. The molecule has 0 atom stereocenters. The van der Waals surface area contributed by atoms with Crippen LogP contribution in [0.2, 0.25) is 0 Å². The molecule has 6 nitrogen and oxygen atoms in total. The zero-order valence-corrected chi connectivity index (χ0v) is 17.5. The van der Waals surface area contributed by atoms with Crippen molar-refractivity contribution in [2.75, 3.05) is 23.7 Å². The molecule has 0 spiro atoms. The fraction of sp³-hybridized carbons (Fsp3) is 0.286. The molecule has 2 aromatic heterocycles. The van der Waals surface area contributed by atoms with Crippen LogP contribution in [0.3, 0.4) is 0 Å². The van der Waals surface area contributed by atoms with Crippen LogP contribution in [0.5, 0.6) is 0 Å². The smallest absolute Gasteiger partial charge is 0.321 e. The van der Waals surface area contributed by atoms with E-state index in [0.29, 0.717) is 17.1 Å². The minimum atomic E-state index is -0.246. The quantitative estimate of drug-likeness (QED) is 0.576. The number of hydrogen-bond donors (Lipinski definition) is 2. The summed E-state index contributed by atoms with van der Waals surface area (Å²) in [6, 6.07) is 9.08. The van der Waals surface area contributed by atoms with Gasteiger partial charge < -0.3 is 15.5 Å². The zero-order chi connectivity index (χ0) is 20.1. The average molecular weight is 427 g/mol. The predicted molar refractivity (Wildman–Crippen MR) is 119 cm³/mol. The highest BCUT2D eigenvalue weighted by Gasteiger charge is 2.16. The molecule has 0 saturated carbocycles. The maximum atomic E-state index is 12.5. The molecular weight excluding hydrogens is 404 g/mol. The molecular formula is C21H22N4O2S2. The largest absolute Gasteiger partial charge is 0.325 e. The molecule has 1 aliphatic rings. The van der Waals surface area contributed by atoms with E-state index in [4.69, 9.17) is 0 Å². The van der Waals surface area contributed by atoms with Gasteiger partial charge in [0.1, 0.15) is 10.7 Å². The van der Waals surface area contributed by atoms with Crippen molar-refractivity contribution in [3.63, 3.8) is 0 Å². The Kier molecular flexibility index (Phi) is 6.21. The average Bonchev–Trinajstić information content (AvgIpc) is 3.36. The Morgan fingerprint density at radius 3 is 2.24 bits per heavy atom. The Hall–Kier alpha value is -2.71. The molecule has 0 radical (unpaired) electrons. The standard InChI is InChI=1S/C21H22N4O2S2/c26-19(18-14-29-20(24-18)15-9-12-28-13-15)22-16-5-7-17(8-6-16)23-21(27)25-10-3-1-2-4-11-25/h5-9,12-14H,1-4,10-11H2,(H,22,26)(H,23,27). The number of hydrogen-bond acceptors (Lipinski definition) is 5. The summed E-state index contributed by atoms with van der Waals surface area (Å²) in [6.07, 6.45) is 4.49. The third-order valence-corrected chi connectivity index (χ3v) is 6.37. The first-order chi connectivity index (χ1) is 14.2. The number of amides is 3. The molecule has 29 heavy (non-hydrogen) atoms. The fourth-order valence-corrected chi connectivity index (χ4v) is 4.72. The summed E-state index contributed by atoms with van der Waals surface area (Å²) >= 11 is 3.06. The van der Waals surface area contributed by atoms with Gasteiger partial charge in [0.15, 0.2) is 0 Å². The SMILES string of the molecule is O=C(Nc1ccc(NC(=O)N2CCCCCC2)cc1)c1csc(-c2ccsc2)n1. The second-order valence-electron chi connectivity index (χ2n) is 6.91. The first-order valence-corrected chi connectivity index (χ1v) is 11.5. The molecule has 3 heterocycles. The fourth-order valence-electron chi connectivity index (χ4n) is 3.21. The van der Waals surface area contributed by atoms with Gasteiger partial charge in [-0.1, -0.05) is 12.8 Å². The van der Waals surface area contributed by atoms with Crippen LogP contribution >= 0.6 is 22.7 Å². The summed E-state index contributed by atoms with van der Waals surface area (Å²) in [4.78, 5) is 31.2. The molecule has 0 bridgehead atoms. The third kappa shape index (κ3) is 5.02. The van der Waals surface area contributed by atoms with Gasteiger partial charge in [0, 0.05) is 40.8 Å². The predicted octanol–water partition coefficient (Wildman–Crippen LogP) is 5.53. The van der Waals surface area contributed by atoms with E-state index in [2.05, 4.69) is 15.6 Å². The molecule has 3 amide bonds. The van der Waals surface area contributed by atoms with Crippen molar-refractivity contribution < 1.29 is 9.59 Å². The maximum absolute atomic E-state index is 12.5. The van der Waals surface area contributed by atoms with Gasteiger partial charge in [0.05, 0.1) is 0 Å². The molecule has 8 heteroatoms. The van der Waals surface area contributed by atoms with Crippen LogP contribution in [0.1, 0.15) is 36.2 Å². The molecule has 3 aromatic rings. The summed E-state index contributed by atoms with van der Waals surface area (Å²) in [5.41, 5.74) is 2.80. The lowest BCUT2D eigenvalue weighted by atomic mass is 10.2. The van der Waals surface area contributed by atoms with Crippen molar-refractivity contribution >= 4 is 46.0 Å². The monoisotopic (exact) mass is 426 g/mol. The summed E-state index contributed by atoms with van der Waals surface area (Å²) < 4.78 is 0. The van der Waals surface area contributed by atoms with Gasteiger partial charge in [0.25, 0.3) is 5.91 Å². The van der Waals surface area contributed by atoms with E-state index in [1.165, 1.54) is 24.2 Å². The number of likely N-dealkylation sites (tertiary alicyclic amines) is 1. The van der Waals surface area contributed by atoms with Gasteiger partial charge in [-0.2, -0.15) is 11.3 Å². The zero-order valence-electron chi connectivity index (χ0n) is 15.9. The number of thiazole rings is 1. The highest BCUT2D eigenvalue weighted by atomic mass is 32.1. The van der Waals surface area contributed by atoms with Gasteiger partial charge in [-0.3, -0.25) is 4.79 Å². The van der Waals surface area contributed by atoms with Crippen LogP contribution in [-0.4, -0.2) is 34.9 Å². The van der Waals surface area contributed by atoms with E-state index in [1.807, 2.05) is 21.7 Å². The number of benzene rings is 1. The summed E-state index contributed by atoms with van der Waals surface area (Å²) in [6.45, 7) is 1.61. The van der Waals surface area contributed by atoms with Gasteiger partial charge >= 0.3 is 6.03 Å². The highest BCUT2D eigenvalue weighted by Crippen LogP contribution is 2.26. The maximum Gasteiger partial charge on any atom is 0.321 e. The van der Waals surface area contributed by atoms with E-state index in [1.54, 1.807) is 41.0 Å². The number of aromatic nitrogens is 1. The van der Waals surface area contributed by atoms with E-state index in [0.717, 1.165) is 36.5 Å². The van der Waals surface area contributed by atoms with Crippen molar-refractivity contribution in [3.8, 4) is 10.6 Å². The molecule has 1 aromatic carbocycles. The first kappa shape index (κ1) is 19.6. The van der Waals surface area contributed by atoms with Gasteiger partial charge in [-0.25, -0.2) is 9.78 Å². The Morgan fingerprint density at radius 1 is 0.897 bits per heavy atom. The molecule has 0 unspecified atom stereocenters. The van der Waals surface area contributed by atoms with Crippen molar-refractivity contribution in [2.45, 2.75) is 25.7 Å². The van der Waals surface area contributed by atoms with Crippen LogP contribution in [-0.2, 0) is 0 Å². The van der Waals surface area contributed by atoms with Gasteiger partial charge in [0.2, 0.25) is 0 Å². The van der Waals surface area contributed by atoms with Crippen LogP contribution in [0.15, 0.2) is 46.5 Å². The topological polar surface area (TPSA) is 74.3 Å². The Bertz CT molecular complexity index is 959. The molecule has 0 aliphatic carbocycles. The number of carbonyl (C=O) groups is 2. The highest BCUT2D eigenvalue weighted by molar-refractivity contribution is 7.14. The van der Waals surface area contributed by atoms with Crippen LogP contribution in [0.4, 0.5) is 16.2 Å². The molecule has 1 aliphatic heterocycles. The molecule has 150 valence electrons. The minimum Gasteiger partial charge on any atom is -0.325 e. The Labute approximate surface area is 177 Å². The molecule has 1 fully saturated rings. The van der Waals surface area contributed by atoms with Crippen molar-refractivity contribution in [1.29, 1.82) is 0 Å². The van der Waals surface area contributed by atoms with Crippen LogP contribution in [0.25, 0.3) is 10.6 Å². The minimum absolute atomic E-state index is 0.0629. The molecule has 2 N–H and O–H groups in total. The number of carbonyl (C=O) groups excluding carboxylic acids is 2. The van der Waals surface area contributed by atoms with E-state index < -0.39 is 0 Å². The van der Waals surface area contributed by atoms with Gasteiger partial charge in [-0.15, -0.1) is 11.3 Å². The van der Waals surface area contributed by atoms with E-state index in [-0.39, 0.29) is 11.9 Å². The van der Waals surface area contributed by atoms with Crippen molar-refractivity contribution in [2.24, 2.45) is 0 Å². The number of nitrogens with one attached hydrogen (secondary N) is 2. The van der Waals surface area contributed by atoms with Crippen LogP contribution in [0, 0.1) is 0 Å². The van der Waals surface area contributed by atoms with E-state index in [9.17, 15) is 9.59 Å². The lowest BCUT2D eigenvalue weighted by Crippen LogP contribution is -2.35. The Balaban J connectivity index is 1.34. The normalized spacial score (nSPS) is 14.3. The summed E-state index contributed by atoms with van der Waals surface area (Å²) in [7, 11) is 0. The first-order valence-electron chi connectivity index (χ1n) is 9.64. The second-order valence-corrected chi connectivity index (χ2v) is 8.55. The van der Waals surface area contributed by atoms with Crippen molar-refractivity contribution in [1.82, 2.24) is 9.88 Å². The van der Waals surface area contributed by atoms with E-state index >= 15 is 0 Å².